The molecule has 39 heavy (non-hydrogen) atoms. The first-order valence-electron chi connectivity index (χ1n) is 14.9. The molecule has 0 bridgehead atoms. The Bertz CT molecular complexity index is 1290. The SMILES string of the molecule is CN1CCC(N(C)C(=O)C2CCCN(C3CCN(C(=O)c4c5ccccc5cc5ccccc45)CC3)C2)CC1. The van der Waals surface area contributed by atoms with Crippen LogP contribution in [0.4, 0.5) is 0 Å². The molecule has 0 spiro atoms. The van der Waals surface area contributed by atoms with Crippen molar-refractivity contribution in [3.63, 3.8) is 0 Å². The molecule has 3 aromatic rings. The summed E-state index contributed by atoms with van der Waals surface area (Å²) in [6.45, 7) is 5.61. The quantitative estimate of drug-likeness (QED) is 0.456. The monoisotopic (exact) mass is 526 g/mol. The molecule has 2 amide bonds. The van der Waals surface area contributed by atoms with E-state index in [0.717, 1.165) is 105 Å². The fraction of sp³-hybridized carbons (Fsp3) is 0.515. The molecule has 6 nitrogen and oxygen atoms in total. The molecule has 6 rings (SSSR count). The van der Waals surface area contributed by atoms with Gasteiger partial charge in [-0.15, -0.1) is 0 Å². The minimum atomic E-state index is 0.102. The van der Waals surface area contributed by atoms with Crippen LogP contribution in [0, 0.1) is 5.92 Å². The Labute approximate surface area is 232 Å². The maximum absolute atomic E-state index is 14.0. The minimum absolute atomic E-state index is 0.102. The number of amides is 2. The van der Waals surface area contributed by atoms with Gasteiger partial charge in [-0.3, -0.25) is 14.5 Å². The molecule has 3 saturated heterocycles. The van der Waals surface area contributed by atoms with Crippen LogP contribution in [-0.2, 0) is 4.79 Å². The van der Waals surface area contributed by atoms with E-state index in [0.29, 0.717) is 18.0 Å². The highest BCUT2D eigenvalue weighted by molar-refractivity contribution is 6.18. The highest BCUT2D eigenvalue weighted by atomic mass is 16.2. The molecule has 3 aromatic carbocycles. The molecule has 0 aromatic heterocycles. The molecule has 0 radical (unpaired) electrons. The number of rotatable bonds is 4. The standard InChI is InChI=1S/C33H42N4O2/c1-34-18-13-27(14-19-34)35(2)32(38)26-10-7-17-37(23-26)28-15-20-36(21-16-28)33(39)31-29-11-5-3-8-24(29)22-25-9-4-6-12-30(25)31/h3-6,8-9,11-12,22,26-28H,7,10,13-21,23H2,1-2H3. The molecule has 1 unspecified atom stereocenters. The number of fused-ring (bicyclic) bond motifs is 2. The van der Waals surface area contributed by atoms with Gasteiger partial charge in [0.1, 0.15) is 0 Å². The van der Waals surface area contributed by atoms with Gasteiger partial charge in [0.05, 0.1) is 11.5 Å². The largest absolute Gasteiger partial charge is 0.342 e. The number of piperidine rings is 3. The maximum atomic E-state index is 14.0. The molecule has 3 aliphatic rings. The van der Waals surface area contributed by atoms with E-state index in [1.165, 1.54) is 0 Å². The lowest BCUT2D eigenvalue weighted by molar-refractivity contribution is -0.139. The van der Waals surface area contributed by atoms with Crippen molar-refractivity contribution < 1.29 is 9.59 Å². The van der Waals surface area contributed by atoms with E-state index in [1.54, 1.807) is 0 Å². The molecule has 3 fully saturated rings. The fourth-order valence-electron chi connectivity index (χ4n) is 7.23. The summed E-state index contributed by atoms with van der Waals surface area (Å²) in [5, 5.41) is 4.30. The highest BCUT2D eigenvalue weighted by Crippen LogP contribution is 2.31. The van der Waals surface area contributed by atoms with Crippen LogP contribution in [0.15, 0.2) is 54.6 Å². The predicted octanol–water partition coefficient (Wildman–Crippen LogP) is 4.86. The van der Waals surface area contributed by atoms with E-state index in [4.69, 9.17) is 0 Å². The first-order valence-corrected chi connectivity index (χ1v) is 14.9. The number of nitrogens with zero attached hydrogens (tertiary/aromatic N) is 4. The third-order valence-corrected chi connectivity index (χ3v) is 9.64. The van der Waals surface area contributed by atoms with E-state index >= 15 is 0 Å². The summed E-state index contributed by atoms with van der Waals surface area (Å²) in [7, 11) is 4.19. The Morgan fingerprint density at radius 3 is 2.05 bits per heavy atom. The average Bonchev–Trinajstić information content (AvgIpc) is 2.99. The van der Waals surface area contributed by atoms with Gasteiger partial charge in [0.25, 0.3) is 5.91 Å². The van der Waals surface area contributed by atoms with Crippen LogP contribution >= 0.6 is 0 Å². The number of carbonyl (C=O) groups is 2. The van der Waals surface area contributed by atoms with E-state index < -0.39 is 0 Å². The Morgan fingerprint density at radius 1 is 0.795 bits per heavy atom. The van der Waals surface area contributed by atoms with Gasteiger partial charge in [-0.25, -0.2) is 0 Å². The molecule has 206 valence electrons. The molecule has 0 saturated carbocycles. The molecule has 0 aliphatic carbocycles. The van der Waals surface area contributed by atoms with Gasteiger partial charge in [0.2, 0.25) is 5.91 Å². The Hall–Kier alpha value is -2.96. The predicted molar refractivity (Wildman–Crippen MR) is 158 cm³/mol. The van der Waals surface area contributed by atoms with Gasteiger partial charge in [-0.05, 0) is 92.8 Å². The normalized spacial score (nSPS) is 22.4. The zero-order valence-corrected chi connectivity index (χ0v) is 23.5. The Morgan fingerprint density at radius 2 is 1.41 bits per heavy atom. The summed E-state index contributed by atoms with van der Waals surface area (Å²) in [6, 6.07) is 19.5. The van der Waals surface area contributed by atoms with Crippen molar-refractivity contribution in [3.8, 4) is 0 Å². The summed E-state index contributed by atoms with van der Waals surface area (Å²) in [5.41, 5.74) is 0.836. The van der Waals surface area contributed by atoms with Crippen molar-refractivity contribution in [1.29, 1.82) is 0 Å². The molecule has 0 N–H and O–H groups in total. The van der Waals surface area contributed by atoms with Gasteiger partial charge in [0, 0.05) is 38.8 Å². The summed E-state index contributed by atoms with van der Waals surface area (Å²) < 4.78 is 0. The van der Waals surface area contributed by atoms with Crippen LogP contribution in [0.1, 0.15) is 48.9 Å². The van der Waals surface area contributed by atoms with Crippen molar-refractivity contribution in [3.05, 3.63) is 60.2 Å². The second-order valence-electron chi connectivity index (χ2n) is 12.0. The molecular weight excluding hydrogens is 484 g/mol. The van der Waals surface area contributed by atoms with Crippen molar-refractivity contribution in [2.75, 3.05) is 53.4 Å². The van der Waals surface area contributed by atoms with Crippen LogP contribution in [-0.4, -0.2) is 96.9 Å². The van der Waals surface area contributed by atoms with Crippen molar-refractivity contribution in [2.24, 2.45) is 5.92 Å². The lowest BCUT2D eigenvalue weighted by Gasteiger charge is -2.43. The van der Waals surface area contributed by atoms with E-state index in [2.05, 4.69) is 57.0 Å². The van der Waals surface area contributed by atoms with Crippen molar-refractivity contribution >= 4 is 33.4 Å². The first kappa shape index (κ1) is 26.3. The van der Waals surface area contributed by atoms with Crippen LogP contribution < -0.4 is 0 Å². The van der Waals surface area contributed by atoms with Gasteiger partial charge in [0.15, 0.2) is 0 Å². The summed E-state index contributed by atoms with van der Waals surface area (Å²) >= 11 is 0. The number of likely N-dealkylation sites (tertiary alicyclic amines) is 3. The number of hydrogen-bond acceptors (Lipinski definition) is 4. The fourth-order valence-corrected chi connectivity index (χ4v) is 7.23. The van der Waals surface area contributed by atoms with Crippen LogP contribution in [0.2, 0.25) is 0 Å². The lowest BCUT2D eigenvalue weighted by Crippen LogP contribution is -2.53. The van der Waals surface area contributed by atoms with E-state index in [-0.39, 0.29) is 11.8 Å². The van der Waals surface area contributed by atoms with Gasteiger partial charge in [-0.1, -0.05) is 48.5 Å². The maximum Gasteiger partial charge on any atom is 0.255 e. The zero-order valence-electron chi connectivity index (χ0n) is 23.5. The summed E-state index contributed by atoms with van der Waals surface area (Å²) in [4.78, 5) is 36.5. The van der Waals surface area contributed by atoms with E-state index in [1.807, 2.05) is 31.3 Å². The Kier molecular flexibility index (Phi) is 7.59. The first-order chi connectivity index (χ1) is 19.0. The second kappa shape index (κ2) is 11.3. The van der Waals surface area contributed by atoms with Crippen molar-refractivity contribution in [2.45, 2.75) is 50.6 Å². The van der Waals surface area contributed by atoms with Crippen molar-refractivity contribution in [1.82, 2.24) is 19.6 Å². The number of carbonyl (C=O) groups excluding carboxylic acids is 2. The third kappa shape index (κ3) is 5.29. The molecule has 3 heterocycles. The summed E-state index contributed by atoms with van der Waals surface area (Å²) in [5.74, 6) is 0.586. The average molecular weight is 527 g/mol. The molecule has 6 heteroatoms. The number of hydrogen-bond donors (Lipinski definition) is 0. The topological polar surface area (TPSA) is 47.1 Å². The Balaban J connectivity index is 1.11. The van der Waals surface area contributed by atoms with Gasteiger partial charge < -0.3 is 14.7 Å². The molecule has 1 atom stereocenters. The minimum Gasteiger partial charge on any atom is -0.342 e. The molecule has 3 aliphatic heterocycles. The molecular formula is C33H42N4O2. The van der Waals surface area contributed by atoms with Gasteiger partial charge >= 0.3 is 0 Å². The smallest absolute Gasteiger partial charge is 0.255 e. The second-order valence-corrected chi connectivity index (χ2v) is 12.0. The van der Waals surface area contributed by atoms with Crippen LogP contribution in [0.5, 0.6) is 0 Å². The van der Waals surface area contributed by atoms with Crippen LogP contribution in [0.3, 0.4) is 0 Å². The van der Waals surface area contributed by atoms with Crippen LogP contribution in [0.25, 0.3) is 21.5 Å². The highest BCUT2D eigenvalue weighted by Gasteiger charge is 2.35. The lowest BCUT2D eigenvalue weighted by atomic mass is 9.91. The third-order valence-electron chi connectivity index (χ3n) is 9.64. The summed E-state index contributed by atoms with van der Waals surface area (Å²) in [6.07, 6.45) is 6.18. The van der Waals surface area contributed by atoms with E-state index in [9.17, 15) is 9.59 Å². The number of benzene rings is 3. The zero-order chi connectivity index (χ0) is 26.9. The van der Waals surface area contributed by atoms with Gasteiger partial charge in [-0.2, -0.15) is 0 Å².